The summed E-state index contributed by atoms with van der Waals surface area (Å²) in [5.74, 6) is 0. The van der Waals surface area contributed by atoms with Crippen LogP contribution in [-0.4, -0.2) is 39.2 Å². The molecule has 1 saturated heterocycles. The maximum atomic E-state index is 11.7. The molecule has 4 nitrogen and oxygen atoms in total. The highest BCUT2D eigenvalue weighted by Crippen LogP contribution is 2.50. The summed E-state index contributed by atoms with van der Waals surface area (Å²) in [5.41, 5.74) is -0.0461. The summed E-state index contributed by atoms with van der Waals surface area (Å²) in [4.78, 5) is 3.10. The Morgan fingerprint density at radius 1 is 0.708 bits per heavy atom. The third-order valence-electron chi connectivity index (χ3n) is 4.94. The standard InChI is InChI=1S/C19H22N2O2S/c1-13-5-9-15(10-6-13)18(22)19(23,21(4)17(24)20(18)3)16-11-7-14(2)8-12-16/h5-12,22-23H,1-4H3. The van der Waals surface area contributed by atoms with Gasteiger partial charge in [-0.2, -0.15) is 0 Å². The van der Waals surface area contributed by atoms with Gasteiger partial charge in [0.15, 0.2) is 5.11 Å². The molecule has 3 rings (SSSR count). The number of hydrogen-bond donors (Lipinski definition) is 2. The number of benzene rings is 2. The zero-order valence-corrected chi connectivity index (χ0v) is 15.1. The van der Waals surface area contributed by atoms with Crippen LogP contribution in [0, 0.1) is 13.8 Å². The number of rotatable bonds is 2. The van der Waals surface area contributed by atoms with Crippen LogP contribution in [0.2, 0.25) is 0 Å². The van der Waals surface area contributed by atoms with E-state index < -0.39 is 11.4 Å². The van der Waals surface area contributed by atoms with Crippen LogP contribution in [0.15, 0.2) is 48.5 Å². The minimum Gasteiger partial charge on any atom is -0.363 e. The minimum atomic E-state index is -1.69. The van der Waals surface area contributed by atoms with Crippen LogP contribution in [-0.2, 0) is 11.4 Å². The largest absolute Gasteiger partial charge is 0.363 e. The van der Waals surface area contributed by atoms with E-state index in [1.807, 2.05) is 62.4 Å². The van der Waals surface area contributed by atoms with E-state index in [1.54, 1.807) is 23.9 Å². The van der Waals surface area contributed by atoms with Gasteiger partial charge in [0.1, 0.15) is 0 Å². The van der Waals surface area contributed by atoms with Crippen molar-refractivity contribution in [1.82, 2.24) is 9.80 Å². The summed E-state index contributed by atoms with van der Waals surface area (Å²) in [6.07, 6.45) is 0. The van der Waals surface area contributed by atoms with Crippen LogP contribution in [0.5, 0.6) is 0 Å². The van der Waals surface area contributed by atoms with E-state index in [1.165, 1.54) is 0 Å². The molecule has 5 heteroatoms. The molecule has 0 aromatic heterocycles. The molecule has 0 amide bonds. The monoisotopic (exact) mass is 342 g/mol. The van der Waals surface area contributed by atoms with Crippen LogP contribution >= 0.6 is 12.2 Å². The zero-order valence-electron chi connectivity index (χ0n) is 14.3. The van der Waals surface area contributed by atoms with Gasteiger partial charge in [-0.1, -0.05) is 59.7 Å². The fourth-order valence-electron chi connectivity index (χ4n) is 3.33. The Labute approximate surface area is 148 Å². The van der Waals surface area contributed by atoms with Gasteiger partial charge in [0, 0.05) is 25.2 Å². The molecule has 1 fully saturated rings. The first kappa shape index (κ1) is 16.9. The second kappa shape index (κ2) is 5.55. The Morgan fingerprint density at radius 3 is 1.29 bits per heavy atom. The molecule has 2 N–H and O–H groups in total. The van der Waals surface area contributed by atoms with Gasteiger partial charge in [-0.15, -0.1) is 0 Å². The van der Waals surface area contributed by atoms with Crippen LogP contribution in [0.4, 0.5) is 0 Å². The lowest BCUT2D eigenvalue weighted by Crippen LogP contribution is -2.56. The van der Waals surface area contributed by atoms with Gasteiger partial charge in [-0.3, -0.25) is 0 Å². The van der Waals surface area contributed by atoms with Crippen LogP contribution in [0.25, 0.3) is 0 Å². The summed E-state index contributed by atoms with van der Waals surface area (Å²) in [7, 11) is 3.40. The average molecular weight is 342 g/mol. The van der Waals surface area contributed by atoms with Crippen molar-refractivity contribution in [2.24, 2.45) is 0 Å². The van der Waals surface area contributed by atoms with E-state index in [9.17, 15) is 10.2 Å². The van der Waals surface area contributed by atoms with Crippen molar-refractivity contribution in [1.29, 1.82) is 0 Å². The fourth-order valence-corrected chi connectivity index (χ4v) is 3.60. The number of aryl methyl sites for hydroxylation is 2. The normalized spacial score (nSPS) is 27.0. The molecule has 24 heavy (non-hydrogen) atoms. The summed E-state index contributed by atoms with van der Waals surface area (Å²) in [6, 6.07) is 15.0. The van der Waals surface area contributed by atoms with Crippen LogP contribution in [0.1, 0.15) is 22.3 Å². The van der Waals surface area contributed by atoms with Crippen molar-refractivity contribution in [3.05, 3.63) is 70.8 Å². The molecule has 0 aliphatic carbocycles. The second-order valence-electron chi connectivity index (χ2n) is 6.48. The SMILES string of the molecule is Cc1ccc(C2(O)N(C)C(=S)N(C)C2(O)c2ccc(C)cc2)cc1. The summed E-state index contributed by atoms with van der Waals surface area (Å²) >= 11 is 5.45. The molecule has 0 saturated carbocycles. The molecule has 0 radical (unpaired) electrons. The minimum absolute atomic E-state index is 0.376. The highest BCUT2D eigenvalue weighted by molar-refractivity contribution is 7.80. The highest BCUT2D eigenvalue weighted by atomic mass is 32.1. The predicted octanol–water partition coefficient (Wildman–Crippen LogP) is 2.46. The molecule has 2 unspecified atom stereocenters. The van der Waals surface area contributed by atoms with Gasteiger partial charge in [0.05, 0.1) is 0 Å². The summed E-state index contributed by atoms with van der Waals surface area (Å²) in [6.45, 7) is 3.96. The van der Waals surface area contributed by atoms with E-state index in [2.05, 4.69) is 0 Å². The third kappa shape index (κ3) is 2.09. The van der Waals surface area contributed by atoms with Gasteiger partial charge in [-0.05, 0) is 26.1 Å². The van der Waals surface area contributed by atoms with Crippen LogP contribution in [0.3, 0.4) is 0 Å². The Kier molecular flexibility index (Phi) is 3.91. The van der Waals surface area contributed by atoms with Crippen molar-refractivity contribution < 1.29 is 10.2 Å². The third-order valence-corrected chi connectivity index (χ3v) is 5.49. The maximum Gasteiger partial charge on any atom is 0.220 e. The Balaban J connectivity index is 2.25. The second-order valence-corrected chi connectivity index (χ2v) is 6.84. The first-order chi connectivity index (χ1) is 11.2. The topological polar surface area (TPSA) is 46.9 Å². The first-order valence-electron chi connectivity index (χ1n) is 7.83. The van der Waals surface area contributed by atoms with E-state index in [0.717, 1.165) is 11.1 Å². The summed E-state index contributed by atoms with van der Waals surface area (Å²) in [5, 5.41) is 23.7. The molecule has 0 spiro atoms. The molecule has 1 aliphatic rings. The molecule has 2 aromatic carbocycles. The number of thiocarbonyl (C=S) groups is 1. The molecule has 1 heterocycles. The van der Waals surface area contributed by atoms with E-state index in [0.29, 0.717) is 16.2 Å². The van der Waals surface area contributed by atoms with E-state index >= 15 is 0 Å². The number of hydrogen-bond acceptors (Lipinski definition) is 3. The fraction of sp³-hybridized carbons (Fsp3) is 0.316. The molecule has 0 bridgehead atoms. The smallest absolute Gasteiger partial charge is 0.220 e. The molecular formula is C19H22N2O2S. The quantitative estimate of drug-likeness (QED) is 0.821. The molecule has 1 aliphatic heterocycles. The van der Waals surface area contributed by atoms with Crippen molar-refractivity contribution in [3.63, 3.8) is 0 Å². The van der Waals surface area contributed by atoms with Crippen LogP contribution < -0.4 is 0 Å². The van der Waals surface area contributed by atoms with Gasteiger partial charge in [0.2, 0.25) is 11.4 Å². The van der Waals surface area contributed by atoms with Crippen molar-refractivity contribution in [2.75, 3.05) is 14.1 Å². The van der Waals surface area contributed by atoms with E-state index in [-0.39, 0.29) is 0 Å². The van der Waals surface area contributed by atoms with Crippen molar-refractivity contribution in [2.45, 2.75) is 25.3 Å². The lowest BCUT2D eigenvalue weighted by molar-refractivity contribution is -0.237. The van der Waals surface area contributed by atoms with Gasteiger partial charge in [0.25, 0.3) is 0 Å². The van der Waals surface area contributed by atoms with Crippen molar-refractivity contribution >= 4 is 17.3 Å². The highest BCUT2D eigenvalue weighted by Gasteiger charge is 2.64. The number of aliphatic hydroxyl groups is 2. The number of nitrogens with zero attached hydrogens (tertiary/aromatic N) is 2. The molecule has 2 aromatic rings. The Bertz CT molecular complexity index is 709. The van der Waals surface area contributed by atoms with Gasteiger partial charge in [-0.25, -0.2) is 0 Å². The summed E-state index contributed by atoms with van der Waals surface area (Å²) < 4.78 is 0. The Morgan fingerprint density at radius 2 is 1.00 bits per heavy atom. The van der Waals surface area contributed by atoms with Gasteiger partial charge < -0.3 is 20.0 Å². The van der Waals surface area contributed by atoms with Crippen molar-refractivity contribution in [3.8, 4) is 0 Å². The predicted molar refractivity (Wildman–Crippen MR) is 98.3 cm³/mol. The van der Waals surface area contributed by atoms with Gasteiger partial charge >= 0.3 is 0 Å². The lowest BCUT2D eigenvalue weighted by Gasteiger charge is -2.42. The zero-order chi connectivity index (χ0) is 17.7. The maximum absolute atomic E-state index is 11.7. The lowest BCUT2D eigenvalue weighted by atomic mass is 9.85. The average Bonchev–Trinajstić information content (AvgIpc) is 2.71. The first-order valence-corrected chi connectivity index (χ1v) is 8.24. The van der Waals surface area contributed by atoms with E-state index in [4.69, 9.17) is 12.2 Å². The Hall–Kier alpha value is -1.95. The molecule has 2 atom stereocenters. The molecular weight excluding hydrogens is 320 g/mol. The number of likely N-dealkylation sites (N-methyl/N-ethyl adjacent to an activating group) is 2. The molecule has 126 valence electrons.